The van der Waals surface area contributed by atoms with Crippen LogP contribution in [-0.2, 0) is 0 Å². The van der Waals surface area contributed by atoms with E-state index in [4.69, 9.17) is 11.6 Å². The molecule has 0 aliphatic rings. The van der Waals surface area contributed by atoms with Crippen molar-refractivity contribution in [1.29, 1.82) is 0 Å². The van der Waals surface area contributed by atoms with Crippen molar-refractivity contribution in [3.05, 3.63) is 39.2 Å². The highest BCUT2D eigenvalue weighted by atomic mass is 35.5. The third-order valence-electron chi connectivity index (χ3n) is 1.54. The van der Waals surface area contributed by atoms with Crippen LogP contribution in [0.4, 0.5) is 0 Å². The van der Waals surface area contributed by atoms with Crippen LogP contribution in [0.15, 0.2) is 28.5 Å². The molecule has 0 saturated carbocycles. The number of aromatic amines is 1. The molecule has 0 bridgehead atoms. The van der Waals surface area contributed by atoms with Gasteiger partial charge in [0.2, 0.25) is 0 Å². The second-order valence-corrected chi connectivity index (χ2v) is 3.71. The Morgan fingerprint density at radius 3 is 2.92 bits per heavy atom. The van der Waals surface area contributed by atoms with Crippen molar-refractivity contribution in [2.45, 2.75) is 0 Å². The Hall–Kier alpha value is -1.13. The van der Waals surface area contributed by atoms with E-state index in [1.807, 2.05) is 5.38 Å². The van der Waals surface area contributed by atoms with Gasteiger partial charge in [0, 0.05) is 6.20 Å². The van der Waals surface area contributed by atoms with Gasteiger partial charge in [-0.15, -0.1) is 11.3 Å². The molecule has 0 aromatic carbocycles. The van der Waals surface area contributed by atoms with Crippen LogP contribution in [0.1, 0.15) is 0 Å². The Morgan fingerprint density at radius 2 is 2.31 bits per heavy atom. The van der Waals surface area contributed by atoms with Gasteiger partial charge in [-0.05, 0) is 17.5 Å². The summed E-state index contributed by atoms with van der Waals surface area (Å²) >= 11 is 7.38. The second kappa shape index (κ2) is 3.32. The highest BCUT2D eigenvalue weighted by Gasteiger charge is 2.04. The summed E-state index contributed by atoms with van der Waals surface area (Å²) in [7, 11) is 0. The van der Waals surface area contributed by atoms with Crippen molar-refractivity contribution < 1.29 is 0 Å². The van der Waals surface area contributed by atoms with Crippen LogP contribution >= 0.6 is 22.9 Å². The standard InChI is InChI=1S/C8H5ClN2OS/c9-5-2-4-13-7(5)6-1-3-10-8(12)11-6/h1-4H,(H,10,11,12). The summed E-state index contributed by atoms with van der Waals surface area (Å²) in [5, 5.41) is 2.52. The van der Waals surface area contributed by atoms with Gasteiger partial charge in [-0.3, -0.25) is 0 Å². The minimum absolute atomic E-state index is 0.359. The molecule has 0 saturated heterocycles. The van der Waals surface area contributed by atoms with Crippen molar-refractivity contribution in [3.63, 3.8) is 0 Å². The van der Waals surface area contributed by atoms with Crippen LogP contribution in [0.3, 0.4) is 0 Å². The normalized spacial score (nSPS) is 10.2. The first kappa shape index (κ1) is 8.47. The van der Waals surface area contributed by atoms with E-state index in [0.29, 0.717) is 10.7 Å². The fourth-order valence-electron chi connectivity index (χ4n) is 0.987. The van der Waals surface area contributed by atoms with E-state index in [9.17, 15) is 4.79 Å². The van der Waals surface area contributed by atoms with E-state index in [-0.39, 0.29) is 5.69 Å². The molecule has 0 atom stereocenters. The second-order valence-electron chi connectivity index (χ2n) is 2.39. The van der Waals surface area contributed by atoms with Crippen molar-refractivity contribution >= 4 is 22.9 Å². The molecule has 5 heteroatoms. The van der Waals surface area contributed by atoms with Gasteiger partial charge in [-0.25, -0.2) is 9.78 Å². The highest BCUT2D eigenvalue weighted by Crippen LogP contribution is 2.30. The van der Waals surface area contributed by atoms with Crippen LogP contribution in [0.25, 0.3) is 10.6 Å². The van der Waals surface area contributed by atoms with E-state index < -0.39 is 0 Å². The van der Waals surface area contributed by atoms with E-state index in [1.165, 1.54) is 17.5 Å². The predicted molar refractivity (Wildman–Crippen MR) is 53.2 cm³/mol. The maximum absolute atomic E-state index is 10.9. The molecule has 2 heterocycles. The topological polar surface area (TPSA) is 45.8 Å². The molecular weight excluding hydrogens is 208 g/mol. The van der Waals surface area contributed by atoms with Crippen molar-refractivity contribution in [2.24, 2.45) is 0 Å². The number of nitrogens with zero attached hydrogens (tertiary/aromatic N) is 1. The molecular formula is C8H5ClN2OS. The molecule has 0 fully saturated rings. The monoisotopic (exact) mass is 212 g/mol. The van der Waals surface area contributed by atoms with Gasteiger partial charge < -0.3 is 4.98 Å². The lowest BCUT2D eigenvalue weighted by Gasteiger charge is -1.95. The third kappa shape index (κ3) is 1.64. The van der Waals surface area contributed by atoms with Gasteiger partial charge in [0.15, 0.2) is 0 Å². The molecule has 0 aliphatic heterocycles. The maximum Gasteiger partial charge on any atom is 0.345 e. The molecule has 13 heavy (non-hydrogen) atoms. The van der Waals surface area contributed by atoms with E-state index in [0.717, 1.165) is 4.88 Å². The van der Waals surface area contributed by atoms with Crippen LogP contribution < -0.4 is 5.69 Å². The molecule has 0 spiro atoms. The summed E-state index contributed by atoms with van der Waals surface area (Å²) in [5.41, 5.74) is 0.349. The first-order valence-electron chi connectivity index (χ1n) is 3.56. The summed E-state index contributed by atoms with van der Waals surface area (Å²) in [6, 6.07) is 3.51. The Balaban J connectivity index is 2.59. The quantitative estimate of drug-likeness (QED) is 0.788. The third-order valence-corrected chi connectivity index (χ3v) is 2.91. The summed E-state index contributed by atoms with van der Waals surface area (Å²) in [4.78, 5) is 17.9. The summed E-state index contributed by atoms with van der Waals surface area (Å²) in [6.45, 7) is 0. The minimum Gasteiger partial charge on any atom is -0.305 e. The smallest absolute Gasteiger partial charge is 0.305 e. The van der Waals surface area contributed by atoms with Crippen molar-refractivity contribution in [3.8, 4) is 10.6 Å². The zero-order valence-corrected chi connectivity index (χ0v) is 8.02. The van der Waals surface area contributed by atoms with Crippen LogP contribution in [0.5, 0.6) is 0 Å². The number of aromatic nitrogens is 2. The van der Waals surface area contributed by atoms with Crippen LogP contribution in [-0.4, -0.2) is 9.97 Å². The lowest BCUT2D eigenvalue weighted by Crippen LogP contribution is -2.08. The highest BCUT2D eigenvalue weighted by molar-refractivity contribution is 7.14. The molecule has 0 unspecified atom stereocenters. The first-order chi connectivity index (χ1) is 6.27. The number of nitrogens with one attached hydrogen (secondary N) is 1. The van der Waals surface area contributed by atoms with Crippen molar-refractivity contribution in [1.82, 2.24) is 9.97 Å². The molecule has 0 amide bonds. The van der Waals surface area contributed by atoms with E-state index in [1.54, 1.807) is 12.1 Å². The summed E-state index contributed by atoms with van der Waals surface area (Å²) < 4.78 is 0. The number of H-pyrrole nitrogens is 1. The van der Waals surface area contributed by atoms with Gasteiger partial charge in [0.05, 0.1) is 15.6 Å². The molecule has 2 aromatic heterocycles. The molecule has 0 aliphatic carbocycles. The number of hydrogen-bond donors (Lipinski definition) is 1. The van der Waals surface area contributed by atoms with Crippen LogP contribution in [0.2, 0.25) is 5.02 Å². The zero-order valence-electron chi connectivity index (χ0n) is 6.45. The lowest BCUT2D eigenvalue weighted by atomic mass is 10.3. The van der Waals surface area contributed by atoms with Gasteiger partial charge in [0.1, 0.15) is 0 Å². The van der Waals surface area contributed by atoms with Gasteiger partial charge in [-0.1, -0.05) is 11.6 Å². The summed E-state index contributed by atoms with van der Waals surface area (Å²) in [6.07, 6.45) is 1.46. The number of rotatable bonds is 1. The zero-order chi connectivity index (χ0) is 9.26. The van der Waals surface area contributed by atoms with Gasteiger partial charge in [-0.2, -0.15) is 0 Å². The summed E-state index contributed by atoms with van der Waals surface area (Å²) in [5.74, 6) is 0. The molecule has 2 aromatic rings. The Labute approximate surface area is 83.0 Å². The molecule has 0 radical (unpaired) electrons. The average Bonchev–Trinajstić information content (AvgIpc) is 2.51. The lowest BCUT2D eigenvalue weighted by molar-refractivity contribution is 1.08. The SMILES string of the molecule is O=c1nccc(-c2sccc2Cl)[nH]1. The van der Waals surface area contributed by atoms with Crippen molar-refractivity contribution in [2.75, 3.05) is 0 Å². The number of halogens is 1. The molecule has 1 N–H and O–H groups in total. The predicted octanol–water partition coefficient (Wildman–Crippen LogP) is 2.15. The fraction of sp³-hybridized carbons (Fsp3) is 0. The van der Waals surface area contributed by atoms with Gasteiger partial charge in [0.25, 0.3) is 0 Å². The fourth-order valence-corrected chi connectivity index (χ4v) is 2.13. The Kier molecular flexibility index (Phi) is 2.16. The molecule has 3 nitrogen and oxygen atoms in total. The maximum atomic E-state index is 10.9. The minimum atomic E-state index is -0.359. The largest absolute Gasteiger partial charge is 0.345 e. The van der Waals surface area contributed by atoms with Gasteiger partial charge >= 0.3 is 5.69 Å². The number of thiophene rings is 1. The average molecular weight is 213 g/mol. The molecule has 66 valence electrons. The molecule has 2 rings (SSSR count). The van der Waals surface area contributed by atoms with Crippen LogP contribution in [0, 0.1) is 0 Å². The van der Waals surface area contributed by atoms with E-state index >= 15 is 0 Å². The Morgan fingerprint density at radius 1 is 1.46 bits per heavy atom. The van der Waals surface area contributed by atoms with E-state index in [2.05, 4.69) is 9.97 Å². The first-order valence-corrected chi connectivity index (χ1v) is 4.82. The Bertz CT molecular complexity index is 477. The number of hydrogen-bond acceptors (Lipinski definition) is 3.